The summed E-state index contributed by atoms with van der Waals surface area (Å²) in [7, 11) is 4.67. The highest BCUT2D eigenvalue weighted by Gasteiger charge is 2.17. The number of ether oxygens (including phenoxy) is 3. The van der Waals surface area contributed by atoms with Crippen LogP contribution < -0.4 is 19.5 Å². The van der Waals surface area contributed by atoms with Gasteiger partial charge in [-0.1, -0.05) is 71.1 Å². The van der Waals surface area contributed by atoms with Crippen molar-refractivity contribution in [3.05, 3.63) is 28.2 Å². The molecule has 0 fully saturated rings. The zero-order valence-electron chi connectivity index (χ0n) is 21.4. The van der Waals surface area contributed by atoms with Crippen molar-refractivity contribution in [3.63, 3.8) is 0 Å². The van der Waals surface area contributed by atoms with Crippen LogP contribution in [0.3, 0.4) is 0 Å². The molecule has 0 unspecified atom stereocenters. The van der Waals surface area contributed by atoms with E-state index >= 15 is 0 Å². The Morgan fingerprint density at radius 1 is 0.853 bits per heavy atom. The number of methoxy groups -OCH3 is 3. The molecule has 0 spiro atoms. The molecule has 2 rings (SSSR count). The zero-order valence-corrected chi connectivity index (χ0v) is 22.2. The van der Waals surface area contributed by atoms with Gasteiger partial charge in [-0.15, -0.1) is 11.3 Å². The largest absolute Gasteiger partial charge is 0.496 e. The number of aromatic nitrogens is 1. The predicted molar refractivity (Wildman–Crippen MR) is 141 cm³/mol. The van der Waals surface area contributed by atoms with Crippen molar-refractivity contribution in [2.75, 3.05) is 26.6 Å². The van der Waals surface area contributed by atoms with E-state index in [4.69, 9.17) is 14.2 Å². The van der Waals surface area contributed by atoms with Crippen molar-refractivity contribution >= 4 is 22.9 Å². The van der Waals surface area contributed by atoms with Crippen LogP contribution >= 0.6 is 11.3 Å². The van der Waals surface area contributed by atoms with Gasteiger partial charge in [0.2, 0.25) is 5.91 Å². The van der Waals surface area contributed by atoms with Crippen LogP contribution in [0.2, 0.25) is 0 Å². The molecule has 190 valence electrons. The van der Waals surface area contributed by atoms with E-state index < -0.39 is 0 Å². The van der Waals surface area contributed by atoms with Crippen molar-refractivity contribution in [2.24, 2.45) is 0 Å². The fourth-order valence-corrected chi connectivity index (χ4v) is 4.80. The molecule has 0 bridgehead atoms. The van der Waals surface area contributed by atoms with Gasteiger partial charge in [0.05, 0.1) is 38.5 Å². The molecule has 0 radical (unpaired) electrons. The van der Waals surface area contributed by atoms with Gasteiger partial charge in [-0.25, -0.2) is 4.98 Å². The summed E-state index contributed by atoms with van der Waals surface area (Å²) < 4.78 is 16.1. The molecule has 0 atom stereocenters. The monoisotopic (exact) mass is 490 g/mol. The molecule has 2 aromatic rings. The molecule has 7 heteroatoms. The Bertz CT molecular complexity index is 828. The maximum atomic E-state index is 12.7. The number of benzene rings is 1. The predicted octanol–water partition coefficient (Wildman–Crippen LogP) is 7.20. The van der Waals surface area contributed by atoms with Crippen LogP contribution in [0, 0.1) is 0 Å². The maximum absolute atomic E-state index is 12.7. The molecule has 34 heavy (non-hydrogen) atoms. The molecule has 6 nitrogen and oxygen atoms in total. The highest BCUT2D eigenvalue weighted by molar-refractivity contribution is 7.09. The van der Waals surface area contributed by atoms with Crippen molar-refractivity contribution in [1.29, 1.82) is 0 Å². The second kappa shape index (κ2) is 16.4. The second-order valence-electron chi connectivity index (χ2n) is 8.65. The lowest BCUT2D eigenvalue weighted by molar-refractivity contribution is -0.115. The number of unbranched alkanes of at least 4 members (excludes halogenated alkanes) is 10. The fraction of sp³-hybridized carbons (Fsp3) is 0.630. The van der Waals surface area contributed by atoms with Gasteiger partial charge in [0.15, 0.2) is 0 Å². The molecule has 1 aromatic heterocycles. The lowest BCUT2D eigenvalue weighted by Gasteiger charge is -2.15. The van der Waals surface area contributed by atoms with E-state index in [2.05, 4.69) is 17.2 Å². The Kier molecular flexibility index (Phi) is 13.5. The lowest BCUT2D eigenvalue weighted by atomic mass is 10.1. The van der Waals surface area contributed by atoms with Crippen LogP contribution in [-0.4, -0.2) is 32.2 Å². The molecule has 1 heterocycles. The fourth-order valence-electron chi connectivity index (χ4n) is 3.96. The highest BCUT2D eigenvalue weighted by Crippen LogP contribution is 2.39. The third-order valence-corrected chi connectivity index (χ3v) is 6.87. The summed E-state index contributed by atoms with van der Waals surface area (Å²) in [4.78, 5) is 17.3. The summed E-state index contributed by atoms with van der Waals surface area (Å²) >= 11 is 1.64. The minimum atomic E-state index is -0.159. The van der Waals surface area contributed by atoms with E-state index in [1.54, 1.807) is 44.8 Å². The third-order valence-electron chi connectivity index (χ3n) is 5.91. The van der Waals surface area contributed by atoms with Gasteiger partial charge < -0.3 is 19.5 Å². The summed E-state index contributed by atoms with van der Waals surface area (Å²) in [5, 5.41) is 5.99. The third kappa shape index (κ3) is 9.92. The Hall–Kier alpha value is -2.28. The Balaban J connectivity index is 1.70. The van der Waals surface area contributed by atoms with E-state index in [1.807, 2.05) is 5.38 Å². The standard InChI is InChI=1S/C27H42N2O4S/c1-5-6-7-8-9-10-11-12-13-14-15-16-26-28-21(20-34-26)17-25(30)29-27-23(32-3)18-22(31-2)19-24(27)33-4/h18-20H,5-17H2,1-4H3,(H,29,30). The maximum Gasteiger partial charge on any atom is 0.230 e. The molecule has 1 aromatic carbocycles. The number of rotatable bonds is 18. The van der Waals surface area contributed by atoms with Gasteiger partial charge in [0.1, 0.15) is 22.9 Å². The summed E-state index contributed by atoms with van der Waals surface area (Å²) in [5.41, 5.74) is 1.29. The molecule has 0 aliphatic heterocycles. The first-order chi connectivity index (χ1) is 16.6. The van der Waals surface area contributed by atoms with E-state index in [0.717, 1.165) is 23.5 Å². The minimum Gasteiger partial charge on any atom is -0.496 e. The van der Waals surface area contributed by atoms with Crippen LogP contribution in [0.25, 0.3) is 0 Å². The molecule has 1 amide bonds. The average molecular weight is 491 g/mol. The molecule has 0 saturated carbocycles. The quantitative estimate of drug-likeness (QED) is 0.224. The first-order valence-corrected chi connectivity index (χ1v) is 13.5. The topological polar surface area (TPSA) is 69.7 Å². The van der Waals surface area contributed by atoms with Crippen LogP contribution in [0.5, 0.6) is 17.2 Å². The number of carbonyl (C=O) groups excluding carboxylic acids is 1. The minimum absolute atomic E-state index is 0.159. The number of carbonyl (C=O) groups is 1. The van der Waals surface area contributed by atoms with E-state index in [9.17, 15) is 4.79 Å². The zero-order chi connectivity index (χ0) is 24.6. The Morgan fingerprint density at radius 3 is 1.94 bits per heavy atom. The number of hydrogen-bond acceptors (Lipinski definition) is 6. The normalized spacial score (nSPS) is 10.8. The van der Waals surface area contributed by atoms with Crippen LogP contribution in [0.4, 0.5) is 5.69 Å². The molecular formula is C27H42N2O4S. The summed E-state index contributed by atoms with van der Waals surface area (Å²) in [6, 6.07) is 3.43. The van der Waals surface area contributed by atoms with Crippen LogP contribution in [0.15, 0.2) is 17.5 Å². The van der Waals surface area contributed by atoms with Gasteiger partial charge in [-0.3, -0.25) is 4.79 Å². The first-order valence-electron chi connectivity index (χ1n) is 12.6. The van der Waals surface area contributed by atoms with Crippen molar-refractivity contribution < 1.29 is 19.0 Å². The second-order valence-corrected chi connectivity index (χ2v) is 9.59. The van der Waals surface area contributed by atoms with Crippen molar-refractivity contribution in [1.82, 2.24) is 4.98 Å². The highest BCUT2D eigenvalue weighted by atomic mass is 32.1. The van der Waals surface area contributed by atoms with E-state index in [1.165, 1.54) is 64.2 Å². The van der Waals surface area contributed by atoms with Gasteiger partial charge in [-0.05, 0) is 12.8 Å². The van der Waals surface area contributed by atoms with Gasteiger partial charge in [-0.2, -0.15) is 0 Å². The molecule has 0 aliphatic rings. The number of hydrogen-bond donors (Lipinski definition) is 1. The smallest absolute Gasteiger partial charge is 0.230 e. The van der Waals surface area contributed by atoms with Gasteiger partial charge in [0, 0.05) is 17.5 Å². The number of nitrogens with zero attached hydrogens (tertiary/aromatic N) is 1. The van der Waals surface area contributed by atoms with E-state index in [-0.39, 0.29) is 12.3 Å². The molecule has 1 N–H and O–H groups in total. The number of thiazole rings is 1. The molecular weight excluding hydrogens is 448 g/mol. The SMILES string of the molecule is CCCCCCCCCCCCCc1nc(CC(=O)Nc2c(OC)cc(OC)cc2OC)cs1. The summed E-state index contributed by atoms with van der Waals surface area (Å²) in [5.74, 6) is 1.41. The number of aryl methyl sites for hydroxylation is 1. The molecule has 0 saturated heterocycles. The Morgan fingerprint density at radius 2 is 1.41 bits per heavy atom. The van der Waals surface area contributed by atoms with E-state index in [0.29, 0.717) is 22.9 Å². The average Bonchev–Trinajstić information content (AvgIpc) is 3.29. The van der Waals surface area contributed by atoms with Crippen LogP contribution in [0.1, 0.15) is 88.3 Å². The number of amides is 1. The van der Waals surface area contributed by atoms with Crippen molar-refractivity contribution in [3.8, 4) is 17.2 Å². The van der Waals surface area contributed by atoms with Crippen molar-refractivity contribution in [2.45, 2.75) is 90.4 Å². The lowest BCUT2D eigenvalue weighted by Crippen LogP contribution is -2.16. The molecule has 0 aliphatic carbocycles. The number of anilines is 1. The Labute approximate surface area is 209 Å². The van der Waals surface area contributed by atoms with Gasteiger partial charge >= 0.3 is 0 Å². The van der Waals surface area contributed by atoms with Gasteiger partial charge in [0.25, 0.3) is 0 Å². The summed E-state index contributed by atoms with van der Waals surface area (Å²) in [6.45, 7) is 2.27. The van der Waals surface area contributed by atoms with Crippen LogP contribution in [-0.2, 0) is 17.6 Å². The first kappa shape index (κ1) is 28.0. The summed E-state index contributed by atoms with van der Waals surface area (Å²) in [6.07, 6.45) is 15.9. The number of nitrogens with one attached hydrogen (secondary N) is 1.